The van der Waals surface area contributed by atoms with Crippen LogP contribution < -0.4 is 5.32 Å². The van der Waals surface area contributed by atoms with Crippen LogP contribution in [0.4, 0.5) is 5.69 Å². The Labute approximate surface area is 200 Å². The lowest BCUT2D eigenvalue weighted by Crippen LogP contribution is -2.50. The van der Waals surface area contributed by atoms with E-state index in [4.69, 9.17) is 11.6 Å². The molecular formula is C25H31ClN4O3. The molecule has 0 spiro atoms. The predicted octanol–water partition coefficient (Wildman–Crippen LogP) is 3.15. The largest absolute Gasteiger partial charge is 0.340 e. The zero-order valence-electron chi connectivity index (χ0n) is 19.2. The monoisotopic (exact) mass is 470 g/mol. The van der Waals surface area contributed by atoms with E-state index in [1.807, 2.05) is 41.8 Å². The van der Waals surface area contributed by atoms with Crippen molar-refractivity contribution in [3.63, 3.8) is 0 Å². The third-order valence-electron chi connectivity index (χ3n) is 5.84. The second kappa shape index (κ2) is 11.8. The number of hydrogen-bond donors (Lipinski definition) is 1. The van der Waals surface area contributed by atoms with Crippen LogP contribution in [0, 0.1) is 0 Å². The van der Waals surface area contributed by atoms with Crippen LogP contribution in [0.15, 0.2) is 48.5 Å². The van der Waals surface area contributed by atoms with Crippen molar-refractivity contribution in [1.29, 1.82) is 0 Å². The van der Waals surface area contributed by atoms with Gasteiger partial charge in [-0.2, -0.15) is 0 Å². The molecule has 3 amide bonds. The first-order valence-corrected chi connectivity index (χ1v) is 11.7. The van der Waals surface area contributed by atoms with Gasteiger partial charge in [-0.15, -0.1) is 0 Å². The van der Waals surface area contributed by atoms with E-state index in [0.29, 0.717) is 55.5 Å². The van der Waals surface area contributed by atoms with Gasteiger partial charge in [0.15, 0.2) is 0 Å². The Morgan fingerprint density at radius 1 is 0.970 bits per heavy atom. The summed E-state index contributed by atoms with van der Waals surface area (Å²) in [4.78, 5) is 43.3. The Morgan fingerprint density at radius 2 is 1.67 bits per heavy atom. The molecule has 0 atom stereocenters. The van der Waals surface area contributed by atoms with Crippen molar-refractivity contribution in [2.45, 2.75) is 20.3 Å². The highest BCUT2D eigenvalue weighted by molar-refractivity contribution is 6.31. The number of piperazine rings is 1. The summed E-state index contributed by atoms with van der Waals surface area (Å²) in [5, 5.41) is 3.49. The molecule has 33 heavy (non-hydrogen) atoms. The van der Waals surface area contributed by atoms with Crippen molar-refractivity contribution < 1.29 is 14.4 Å². The lowest BCUT2D eigenvalue weighted by atomic mass is 10.1. The summed E-state index contributed by atoms with van der Waals surface area (Å²) in [5.41, 5.74) is 1.99. The summed E-state index contributed by atoms with van der Waals surface area (Å²) in [6.07, 6.45) is 0.280. The number of rotatable bonds is 8. The normalized spacial score (nSPS) is 14.1. The second-order valence-corrected chi connectivity index (χ2v) is 8.44. The SMILES string of the molecule is CCN(CC)C(=O)c1cccc(NC(=O)CN2CCN(C(=O)Cc3ccccc3Cl)CC2)c1. The maximum Gasteiger partial charge on any atom is 0.253 e. The van der Waals surface area contributed by atoms with E-state index in [-0.39, 0.29) is 30.7 Å². The standard InChI is InChI=1S/C25H31ClN4O3/c1-3-29(4-2)25(33)20-9-7-10-21(16-20)27-23(31)18-28-12-14-30(15-13-28)24(32)17-19-8-5-6-11-22(19)26/h5-11,16H,3-4,12-15,17-18H2,1-2H3,(H,27,31). The molecule has 0 aliphatic carbocycles. The fourth-order valence-corrected chi connectivity index (χ4v) is 4.10. The van der Waals surface area contributed by atoms with E-state index < -0.39 is 0 Å². The summed E-state index contributed by atoms with van der Waals surface area (Å²) in [6, 6.07) is 14.4. The molecule has 0 bridgehead atoms. The van der Waals surface area contributed by atoms with Gasteiger partial charge < -0.3 is 15.1 Å². The predicted molar refractivity (Wildman–Crippen MR) is 130 cm³/mol. The van der Waals surface area contributed by atoms with Crippen molar-refractivity contribution in [1.82, 2.24) is 14.7 Å². The van der Waals surface area contributed by atoms with Crippen molar-refractivity contribution in [3.8, 4) is 0 Å². The van der Waals surface area contributed by atoms with Gasteiger partial charge >= 0.3 is 0 Å². The molecule has 3 rings (SSSR count). The van der Waals surface area contributed by atoms with Gasteiger partial charge in [-0.3, -0.25) is 19.3 Å². The second-order valence-electron chi connectivity index (χ2n) is 8.03. The van der Waals surface area contributed by atoms with Crippen LogP contribution in [0.3, 0.4) is 0 Å². The van der Waals surface area contributed by atoms with Crippen LogP contribution in [-0.4, -0.2) is 78.2 Å². The Bertz CT molecular complexity index is 985. The molecule has 1 saturated heterocycles. The smallest absolute Gasteiger partial charge is 0.253 e. The van der Waals surface area contributed by atoms with Gasteiger partial charge in [0, 0.05) is 55.5 Å². The molecule has 0 radical (unpaired) electrons. The molecule has 8 heteroatoms. The minimum atomic E-state index is -0.140. The van der Waals surface area contributed by atoms with Crippen molar-refractivity contribution in [2.75, 3.05) is 51.1 Å². The summed E-state index contributed by atoms with van der Waals surface area (Å²) < 4.78 is 0. The summed E-state index contributed by atoms with van der Waals surface area (Å²) in [5.74, 6) is -0.145. The maximum absolute atomic E-state index is 12.6. The van der Waals surface area contributed by atoms with Crippen LogP contribution >= 0.6 is 11.6 Å². The topological polar surface area (TPSA) is 73.0 Å². The number of carbonyl (C=O) groups excluding carboxylic acids is 3. The van der Waals surface area contributed by atoms with E-state index in [1.54, 1.807) is 35.2 Å². The van der Waals surface area contributed by atoms with E-state index in [1.165, 1.54) is 0 Å². The molecule has 0 unspecified atom stereocenters. The minimum absolute atomic E-state index is 0.0434. The molecule has 1 N–H and O–H groups in total. The Hall–Kier alpha value is -2.90. The van der Waals surface area contributed by atoms with E-state index in [9.17, 15) is 14.4 Å². The van der Waals surface area contributed by atoms with E-state index in [0.717, 1.165) is 5.56 Å². The van der Waals surface area contributed by atoms with Crippen LogP contribution in [0.2, 0.25) is 5.02 Å². The van der Waals surface area contributed by atoms with Gasteiger partial charge in [0.2, 0.25) is 11.8 Å². The highest BCUT2D eigenvalue weighted by Gasteiger charge is 2.23. The minimum Gasteiger partial charge on any atom is -0.340 e. The van der Waals surface area contributed by atoms with Crippen molar-refractivity contribution >= 4 is 35.0 Å². The lowest BCUT2D eigenvalue weighted by Gasteiger charge is -2.34. The summed E-state index contributed by atoms with van der Waals surface area (Å²) in [7, 11) is 0. The van der Waals surface area contributed by atoms with Crippen molar-refractivity contribution in [2.24, 2.45) is 0 Å². The average Bonchev–Trinajstić information content (AvgIpc) is 2.82. The zero-order chi connectivity index (χ0) is 23.8. The number of hydrogen-bond acceptors (Lipinski definition) is 4. The molecule has 0 saturated carbocycles. The molecule has 1 aliphatic rings. The number of nitrogens with zero attached hydrogens (tertiary/aromatic N) is 3. The van der Waals surface area contributed by atoms with Gasteiger partial charge in [0.1, 0.15) is 0 Å². The van der Waals surface area contributed by atoms with Gasteiger partial charge in [-0.1, -0.05) is 35.9 Å². The molecule has 176 valence electrons. The van der Waals surface area contributed by atoms with E-state index in [2.05, 4.69) is 5.32 Å². The molecule has 1 heterocycles. The fourth-order valence-electron chi connectivity index (χ4n) is 3.90. The molecule has 0 aromatic heterocycles. The van der Waals surface area contributed by atoms with Crippen LogP contribution in [0.25, 0.3) is 0 Å². The zero-order valence-corrected chi connectivity index (χ0v) is 20.0. The maximum atomic E-state index is 12.6. The third-order valence-corrected chi connectivity index (χ3v) is 6.20. The molecule has 2 aromatic rings. The number of nitrogens with one attached hydrogen (secondary N) is 1. The van der Waals surface area contributed by atoms with Gasteiger partial charge in [0.05, 0.1) is 13.0 Å². The number of carbonyl (C=O) groups is 3. The molecular weight excluding hydrogens is 440 g/mol. The first-order valence-electron chi connectivity index (χ1n) is 11.3. The first kappa shape index (κ1) is 24.7. The highest BCUT2D eigenvalue weighted by Crippen LogP contribution is 2.17. The number of amides is 3. The average molecular weight is 471 g/mol. The number of halogens is 1. The third kappa shape index (κ3) is 6.79. The molecule has 1 fully saturated rings. The Balaban J connectivity index is 1.48. The summed E-state index contributed by atoms with van der Waals surface area (Å²) in [6.45, 7) is 7.80. The van der Waals surface area contributed by atoms with Crippen LogP contribution in [0.1, 0.15) is 29.8 Å². The molecule has 7 nitrogen and oxygen atoms in total. The molecule has 1 aliphatic heterocycles. The quantitative estimate of drug-likeness (QED) is 0.643. The van der Waals surface area contributed by atoms with Crippen LogP contribution in [0.5, 0.6) is 0 Å². The lowest BCUT2D eigenvalue weighted by molar-refractivity contribution is -0.132. The number of benzene rings is 2. The Kier molecular flexibility index (Phi) is 8.86. The Morgan fingerprint density at radius 3 is 2.33 bits per heavy atom. The van der Waals surface area contributed by atoms with Gasteiger partial charge in [-0.25, -0.2) is 0 Å². The van der Waals surface area contributed by atoms with Gasteiger partial charge in [-0.05, 0) is 43.7 Å². The van der Waals surface area contributed by atoms with E-state index >= 15 is 0 Å². The summed E-state index contributed by atoms with van der Waals surface area (Å²) >= 11 is 6.17. The fraction of sp³-hybridized carbons (Fsp3) is 0.400. The first-order chi connectivity index (χ1) is 15.9. The van der Waals surface area contributed by atoms with Crippen LogP contribution in [-0.2, 0) is 16.0 Å². The highest BCUT2D eigenvalue weighted by atomic mass is 35.5. The van der Waals surface area contributed by atoms with Gasteiger partial charge in [0.25, 0.3) is 5.91 Å². The molecule has 2 aromatic carbocycles. The van der Waals surface area contributed by atoms with Crippen molar-refractivity contribution in [3.05, 3.63) is 64.7 Å². The number of anilines is 1.